The van der Waals surface area contributed by atoms with Gasteiger partial charge in [0.05, 0.1) is 11.6 Å². The molecule has 1 aromatic carbocycles. The van der Waals surface area contributed by atoms with Crippen LogP contribution in [0.3, 0.4) is 0 Å². The quantitative estimate of drug-likeness (QED) is 0.852. The molecule has 0 atom stereocenters. The van der Waals surface area contributed by atoms with Gasteiger partial charge in [0.2, 0.25) is 5.95 Å². The fourth-order valence-corrected chi connectivity index (χ4v) is 2.09. The lowest BCUT2D eigenvalue weighted by Crippen LogP contribution is -2.21. The van der Waals surface area contributed by atoms with E-state index in [9.17, 15) is 4.79 Å². The number of amides is 1. The van der Waals surface area contributed by atoms with Gasteiger partial charge in [0.1, 0.15) is 5.75 Å². The molecule has 7 nitrogen and oxygen atoms in total. The largest absolute Gasteiger partial charge is 0.483 e. The summed E-state index contributed by atoms with van der Waals surface area (Å²) in [4.78, 5) is 15.5. The number of halogens is 2. The topological polar surface area (TPSA) is 89.1 Å². The number of nitrogens with zero attached hydrogens (tertiary/aromatic N) is 2. The smallest absolute Gasteiger partial charge is 0.336 e. The summed E-state index contributed by atoms with van der Waals surface area (Å²) in [5.41, 5.74) is 0. The minimum Gasteiger partial charge on any atom is -0.483 e. The average molecular weight is 362 g/mol. The number of anilines is 1. The van der Waals surface area contributed by atoms with Crippen molar-refractivity contribution in [2.75, 3.05) is 19.0 Å². The van der Waals surface area contributed by atoms with E-state index in [0.29, 0.717) is 15.2 Å². The molecule has 0 saturated carbocycles. The fourth-order valence-electron chi connectivity index (χ4n) is 1.30. The van der Waals surface area contributed by atoms with Crippen LogP contribution in [0.4, 0.5) is 5.95 Å². The van der Waals surface area contributed by atoms with Crippen molar-refractivity contribution in [2.24, 2.45) is 0 Å². The van der Waals surface area contributed by atoms with Crippen molar-refractivity contribution in [1.29, 1.82) is 0 Å². The highest BCUT2D eigenvalue weighted by molar-refractivity contribution is 9.10. The Hall–Kier alpha value is -1.80. The zero-order valence-corrected chi connectivity index (χ0v) is 12.7. The molecule has 2 rings (SSSR count). The van der Waals surface area contributed by atoms with Gasteiger partial charge in [-0.1, -0.05) is 11.6 Å². The molecule has 0 spiro atoms. The number of hydrogen-bond acceptors (Lipinski definition) is 5. The van der Waals surface area contributed by atoms with Crippen molar-refractivity contribution in [2.45, 2.75) is 0 Å². The molecule has 1 aromatic heterocycles. The van der Waals surface area contributed by atoms with Crippen LogP contribution in [0.25, 0.3) is 0 Å². The third kappa shape index (κ3) is 3.84. The van der Waals surface area contributed by atoms with E-state index in [4.69, 9.17) is 21.1 Å². The summed E-state index contributed by atoms with van der Waals surface area (Å²) in [6.07, 6.45) is 0. The number of nitrogens with one attached hydrogen (secondary N) is 2. The first-order valence-corrected chi connectivity index (χ1v) is 6.59. The summed E-state index contributed by atoms with van der Waals surface area (Å²) in [7, 11) is 1.43. The van der Waals surface area contributed by atoms with Crippen molar-refractivity contribution in [3.05, 3.63) is 27.7 Å². The van der Waals surface area contributed by atoms with Crippen molar-refractivity contribution >= 4 is 39.4 Å². The summed E-state index contributed by atoms with van der Waals surface area (Å²) in [6, 6.07) is 5.15. The Bertz CT molecular complexity index is 619. The number of benzene rings is 1. The van der Waals surface area contributed by atoms with Crippen LogP contribution in [0.5, 0.6) is 11.8 Å². The molecule has 2 N–H and O–H groups in total. The van der Waals surface area contributed by atoms with Gasteiger partial charge >= 0.3 is 6.01 Å². The molecule has 0 aliphatic carbocycles. The van der Waals surface area contributed by atoms with Gasteiger partial charge in [0.25, 0.3) is 5.91 Å². The van der Waals surface area contributed by atoms with Crippen molar-refractivity contribution in [1.82, 2.24) is 15.2 Å². The third-order valence-electron chi connectivity index (χ3n) is 2.16. The van der Waals surface area contributed by atoms with Gasteiger partial charge in [-0.2, -0.15) is 4.98 Å². The molecule has 0 unspecified atom stereocenters. The summed E-state index contributed by atoms with van der Waals surface area (Å²) in [5.74, 6) is 0.316. The highest BCUT2D eigenvalue weighted by atomic mass is 79.9. The van der Waals surface area contributed by atoms with Crippen LogP contribution in [-0.2, 0) is 4.79 Å². The molecule has 0 fully saturated rings. The second-order valence-corrected chi connectivity index (χ2v) is 4.87. The SMILES string of the molecule is COc1n[nH]c(NC(=O)COc2ccc(Cl)cc2Br)n1. The van der Waals surface area contributed by atoms with E-state index in [-0.39, 0.29) is 24.5 Å². The molecule has 1 heterocycles. The van der Waals surface area contributed by atoms with Gasteiger partial charge in [-0.05, 0) is 34.1 Å². The van der Waals surface area contributed by atoms with Gasteiger partial charge in [-0.3, -0.25) is 10.1 Å². The second kappa shape index (κ2) is 6.58. The average Bonchev–Trinajstić information content (AvgIpc) is 2.85. The Balaban J connectivity index is 1.88. The molecule has 0 saturated heterocycles. The highest BCUT2D eigenvalue weighted by Gasteiger charge is 2.09. The van der Waals surface area contributed by atoms with E-state index in [1.807, 2.05) is 0 Å². The summed E-state index contributed by atoms with van der Waals surface area (Å²) >= 11 is 9.10. The van der Waals surface area contributed by atoms with Crippen LogP contribution in [-0.4, -0.2) is 34.8 Å². The third-order valence-corrected chi connectivity index (χ3v) is 3.01. The molecule has 20 heavy (non-hydrogen) atoms. The number of carbonyl (C=O) groups excluding carboxylic acids is 1. The first-order chi connectivity index (χ1) is 9.58. The van der Waals surface area contributed by atoms with Crippen molar-refractivity contribution in [3.63, 3.8) is 0 Å². The Morgan fingerprint density at radius 3 is 3.00 bits per heavy atom. The maximum atomic E-state index is 11.7. The van der Waals surface area contributed by atoms with Crippen LogP contribution in [0, 0.1) is 0 Å². The standard InChI is InChI=1S/C11H10BrClN4O3/c1-19-11-15-10(16-17-11)14-9(18)5-20-8-3-2-6(13)4-7(8)12/h2-4H,5H2,1H3,(H2,14,15,16,17,18). The van der Waals surface area contributed by atoms with Gasteiger partial charge in [-0.25, -0.2) is 5.10 Å². The highest BCUT2D eigenvalue weighted by Crippen LogP contribution is 2.27. The van der Waals surface area contributed by atoms with Crippen LogP contribution < -0.4 is 14.8 Å². The van der Waals surface area contributed by atoms with E-state index in [1.54, 1.807) is 18.2 Å². The number of ether oxygens (including phenoxy) is 2. The van der Waals surface area contributed by atoms with E-state index in [2.05, 4.69) is 36.4 Å². The predicted octanol–water partition coefficient (Wildman–Crippen LogP) is 2.25. The van der Waals surface area contributed by atoms with Crippen LogP contribution in [0.15, 0.2) is 22.7 Å². The monoisotopic (exact) mass is 360 g/mol. The van der Waals surface area contributed by atoms with Crippen LogP contribution in [0.2, 0.25) is 5.02 Å². The van der Waals surface area contributed by atoms with Gasteiger partial charge in [-0.15, -0.1) is 5.10 Å². The number of rotatable bonds is 5. The van der Waals surface area contributed by atoms with Gasteiger partial charge < -0.3 is 9.47 Å². The first kappa shape index (κ1) is 14.6. The number of H-pyrrole nitrogens is 1. The molecule has 0 bridgehead atoms. The van der Waals surface area contributed by atoms with Crippen LogP contribution in [0.1, 0.15) is 0 Å². The summed E-state index contributed by atoms with van der Waals surface area (Å²) in [6.45, 7) is -0.177. The molecule has 106 valence electrons. The molecule has 0 aliphatic heterocycles. The lowest BCUT2D eigenvalue weighted by atomic mass is 10.3. The lowest BCUT2D eigenvalue weighted by molar-refractivity contribution is -0.118. The normalized spacial score (nSPS) is 10.2. The van der Waals surface area contributed by atoms with Gasteiger partial charge in [0, 0.05) is 5.02 Å². The number of hydrogen-bond donors (Lipinski definition) is 2. The first-order valence-electron chi connectivity index (χ1n) is 5.42. The molecule has 9 heteroatoms. The molecule has 2 aromatic rings. The fraction of sp³-hybridized carbons (Fsp3) is 0.182. The van der Waals surface area contributed by atoms with E-state index < -0.39 is 0 Å². The molecule has 1 amide bonds. The molecular formula is C11H10BrClN4O3. The minimum atomic E-state index is -0.384. The number of methoxy groups -OCH3 is 1. The Morgan fingerprint density at radius 1 is 1.55 bits per heavy atom. The van der Waals surface area contributed by atoms with Crippen molar-refractivity contribution in [3.8, 4) is 11.8 Å². The number of aromatic amines is 1. The lowest BCUT2D eigenvalue weighted by Gasteiger charge is -2.07. The molecule has 0 radical (unpaired) electrons. The molecule has 0 aliphatic rings. The Labute approximate surface area is 127 Å². The van der Waals surface area contributed by atoms with E-state index in [0.717, 1.165) is 0 Å². The molecular weight excluding hydrogens is 352 g/mol. The number of aromatic nitrogens is 3. The second-order valence-electron chi connectivity index (χ2n) is 3.58. The Kier molecular flexibility index (Phi) is 4.80. The minimum absolute atomic E-state index is 0.140. The predicted molar refractivity (Wildman–Crippen MR) is 76.2 cm³/mol. The Morgan fingerprint density at radius 2 is 2.35 bits per heavy atom. The maximum absolute atomic E-state index is 11.7. The van der Waals surface area contributed by atoms with Crippen LogP contribution >= 0.6 is 27.5 Å². The van der Waals surface area contributed by atoms with Gasteiger partial charge in [0.15, 0.2) is 6.61 Å². The zero-order valence-electron chi connectivity index (χ0n) is 10.3. The van der Waals surface area contributed by atoms with E-state index >= 15 is 0 Å². The van der Waals surface area contributed by atoms with Crippen molar-refractivity contribution < 1.29 is 14.3 Å². The summed E-state index contributed by atoms with van der Waals surface area (Å²) < 4.78 is 10.8. The maximum Gasteiger partial charge on any atom is 0.336 e. The van der Waals surface area contributed by atoms with E-state index in [1.165, 1.54) is 7.11 Å². The number of carbonyl (C=O) groups is 1. The summed E-state index contributed by atoms with van der Waals surface area (Å²) in [5, 5.41) is 9.25. The zero-order chi connectivity index (χ0) is 14.5.